The Balaban J connectivity index is 0.000000381. The number of carbonyl (C=O) groups is 1. The molecule has 0 aromatic heterocycles. The minimum Gasteiger partial charge on any atom is -0.475 e. The minimum atomic E-state index is -5.08. The van der Waals surface area contributed by atoms with Crippen molar-refractivity contribution in [1.82, 2.24) is 4.31 Å². The Morgan fingerprint density at radius 3 is 2.36 bits per heavy atom. The molecule has 138 valence electrons. The van der Waals surface area contributed by atoms with Crippen molar-refractivity contribution in [3.8, 4) is 6.07 Å². The molecular weight excluding hydrogens is 363 g/mol. The van der Waals surface area contributed by atoms with Crippen LogP contribution in [0.1, 0.15) is 17.5 Å². The second-order valence-electron chi connectivity index (χ2n) is 5.31. The lowest BCUT2D eigenvalue weighted by molar-refractivity contribution is -0.192. The third-order valence-corrected chi connectivity index (χ3v) is 5.38. The lowest BCUT2D eigenvalue weighted by atomic mass is 10.2. The van der Waals surface area contributed by atoms with Gasteiger partial charge in [0, 0.05) is 19.1 Å². The van der Waals surface area contributed by atoms with Crippen LogP contribution in [0.4, 0.5) is 13.2 Å². The molecule has 1 atom stereocenters. The molecule has 0 unspecified atom stereocenters. The maximum absolute atomic E-state index is 12.4. The number of aryl methyl sites for hydroxylation is 1. The van der Waals surface area contributed by atoms with Crippen molar-refractivity contribution in [2.24, 2.45) is 5.73 Å². The van der Waals surface area contributed by atoms with Gasteiger partial charge >= 0.3 is 12.1 Å². The van der Waals surface area contributed by atoms with E-state index in [2.05, 4.69) is 0 Å². The van der Waals surface area contributed by atoms with Crippen LogP contribution in [0, 0.1) is 18.3 Å². The molecule has 0 spiro atoms. The van der Waals surface area contributed by atoms with Crippen LogP contribution in [0.25, 0.3) is 0 Å². The molecule has 1 aliphatic heterocycles. The molecule has 0 bridgehead atoms. The summed E-state index contributed by atoms with van der Waals surface area (Å²) >= 11 is 0. The number of alkyl halides is 3. The fourth-order valence-corrected chi connectivity index (χ4v) is 3.84. The molecule has 7 nitrogen and oxygen atoms in total. The zero-order valence-electron chi connectivity index (χ0n) is 13.1. The van der Waals surface area contributed by atoms with E-state index >= 15 is 0 Å². The van der Waals surface area contributed by atoms with Gasteiger partial charge < -0.3 is 10.8 Å². The largest absolute Gasteiger partial charge is 0.490 e. The number of sulfonamides is 1. The van der Waals surface area contributed by atoms with Crippen LogP contribution < -0.4 is 5.73 Å². The lowest BCUT2D eigenvalue weighted by Crippen LogP contribution is -2.32. The molecule has 1 heterocycles. The van der Waals surface area contributed by atoms with E-state index in [0.29, 0.717) is 30.6 Å². The Morgan fingerprint density at radius 1 is 1.44 bits per heavy atom. The number of nitriles is 1. The smallest absolute Gasteiger partial charge is 0.475 e. The summed E-state index contributed by atoms with van der Waals surface area (Å²) in [5.74, 6) is -2.76. The normalized spacial score (nSPS) is 18.2. The highest BCUT2D eigenvalue weighted by molar-refractivity contribution is 7.89. The number of rotatable bonds is 2. The lowest BCUT2D eigenvalue weighted by Gasteiger charge is -2.17. The number of nitrogens with zero attached hydrogens (tertiary/aromatic N) is 2. The first kappa shape index (κ1) is 20.9. The van der Waals surface area contributed by atoms with E-state index in [1.54, 1.807) is 13.0 Å². The molecule has 0 saturated carbocycles. The summed E-state index contributed by atoms with van der Waals surface area (Å²) in [4.78, 5) is 9.16. The van der Waals surface area contributed by atoms with Gasteiger partial charge in [0.1, 0.15) is 0 Å². The van der Waals surface area contributed by atoms with E-state index in [0.717, 1.165) is 0 Å². The number of halogens is 3. The summed E-state index contributed by atoms with van der Waals surface area (Å²) in [6.07, 6.45) is -4.39. The van der Waals surface area contributed by atoms with Crippen molar-refractivity contribution < 1.29 is 31.5 Å². The second-order valence-corrected chi connectivity index (χ2v) is 7.21. The Labute approximate surface area is 142 Å². The van der Waals surface area contributed by atoms with E-state index in [1.165, 1.54) is 16.4 Å². The molecule has 1 aromatic rings. The third kappa shape index (κ3) is 5.42. The number of aliphatic carboxylic acids is 1. The third-order valence-electron chi connectivity index (χ3n) is 3.35. The van der Waals surface area contributed by atoms with E-state index in [9.17, 15) is 21.6 Å². The van der Waals surface area contributed by atoms with Crippen LogP contribution in [0.15, 0.2) is 23.1 Å². The minimum absolute atomic E-state index is 0.0848. The highest BCUT2D eigenvalue weighted by atomic mass is 32.2. The summed E-state index contributed by atoms with van der Waals surface area (Å²) in [7, 11) is -3.48. The van der Waals surface area contributed by atoms with Gasteiger partial charge in [-0.15, -0.1) is 0 Å². The van der Waals surface area contributed by atoms with Crippen molar-refractivity contribution in [3.05, 3.63) is 29.3 Å². The summed E-state index contributed by atoms with van der Waals surface area (Å²) < 4.78 is 57.9. The monoisotopic (exact) mass is 379 g/mol. The molecule has 0 aliphatic carbocycles. The van der Waals surface area contributed by atoms with Gasteiger partial charge in [0.25, 0.3) is 0 Å². The van der Waals surface area contributed by atoms with Gasteiger partial charge in [-0.2, -0.15) is 22.7 Å². The summed E-state index contributed by atoms with van der Waals surface area (Å²) in [5.41, 5.74) is 6.79. The van der Waals surface area contributed by atoms with Gasteiger partial charge in [-0.05, 0) is 37.1 Å². The molecule has 2 rings (SSSR count). The molecule has 3 N–H and O–H groups in total. The Morgan fingerprint density at radius 2 is 2.00 bits per heavy atom. The van der Waals surface area contributed by atoms with Crippen molar-refractivity contribution in [1.29, 1.82) is 5.26 Å². The molecule has 0 amide bonds. The first-order valence-corrected chi connectivity index (χ1v) is 8.40. The topological polar surface area (TPSA) is 124 Å². The summed E-state index contributed by atoms with van der Waals surface area (Å²) in [6, 6.07) is 6.51. The van der Waals surface area contributed by atoms with Gasteiger partial charge in [-0.25, -0.2) is 13.2 Å². The van der Waals surface area contributed by atoms with E-state index in [4.69, 9.17) is 20.9 Å². The highest BCUT2D eigenvalue weighted by Crippen LogP contribution is 2.23. The Kier molecular flexibility index (Phi) is 6.53. The van der Waals surface area contributed by atoms with Gasteiger partial charge in [0.05, 0.1) is 16.5 Å². The predicted molar refractivity (Wildman–Crippen MR) is 80.9 cm³/mol. The van der Waals surface area contributed by atoms with Crippen LogP contribution in [0.3, 0.4) is 0 Å². The number of benzene rings is 1. The molecule has 1 aliphatic rings. The fraction of sp³-hybridized carbons (Fsp3) is 0.429. The van der Waals surface area contributed by atoms with E-state index in [1.807, 2.05) is 6.07 Å². The average Bonchev–Trinajstić information content (AvgIpc) is 2.93. The quantitative estimate of drug-likeness (QED) is 0.796. The number of nitrogens with two attached hydrogens (primary N) is 1. The van der Waals surface area contributed by atoms with Crippen LogP contribution >= 0.6 is 0 Å². The number of carboxylic acid groups (broad SMARTS) is 1. The molecule has 0 radical (unpaired) electrons. The molecule has 1 saturated heterocycles. The van der Waals surface area contributed by atoms with Gasteiger partial charge in [-0.1, -0.05) is 0 Å². The van der Waals surface area contributed by atoms with Crippen molar-refractivity contribution in [2.45, 2.75) is 30.5 Å². The first-order valence-electron chi connectivity index (χ1n) is 6.96. The number of carboxylic acids is 1. The molecule has 1 aromatic carbocycles. The zero-order valence-corrected chi connectivity index (χ0v) is 13.9. The molecule has 1 fully saturated rings. The zero-order chi connectivity index (χ0) is 19.4. The second kappa shape index (κ2) is 7.81. The maximum Gasteiger partial charge on any atom is 0.490 e. The van der Waals surface area contributed by atoms with Crippen LogP contribution in [0.2, 0.25) is 0 Å². The standard InChI is InChI=1S/C12H15N3O2S.C2HF3O2/c1-9-6-10(7-13)2-3-12(9)18(16,17)15-5-4-11(14)8-15;3-2(4,5)1(6)7/h2-3,6,11H,4-5,8,14H2,1H3;(H,6,7)/t11-;/m0./s1. The van der Waals surface area contributed by atoms with E-state index in [-0.39, 0.29) is 10.9 Å². The summed E-state index contributed by atoms with van der Waals surface area (Å²) in [6.45, 7) is 2.52. The van der Waals surface area contributed by atoms with E-state index < -0.39 is 22.2 Å². The van der Waals surface area contributed by atoms with Gasteiger partial charge in [0.15, 0.2) is 0 Å². The summed E-state index contributed by atoms with van der Waals surface area (Å²) in [5, 5.41) is 15.9. The Bertz CT molecular complexity index is 787. The molecule has 11 heteroatoms. The predicted octanol–water partition coefficient (Wildman–Crippen LogP) is 1.22. The molecule has 25 heavy (non-hydrogen) atoms. The van der Waals surface area contributed by atoms with Gasteiger partial charge in [0.2, 0.25) is 10.0 Å². The van der Waals surface area contributed by atoms with Crippen LogP contribution in [-0.2, 0) is 14.8 Å². The van der Waals surface area contributed by atoms with Crippen LogP contribution in [-0.4, -0.2) is 49.1 Å². The van der Waals surface area contributed by atoms with Crippen molar-refractivity contribution >= 4 is 16.0 Å². The van der Waals surface area contributed by atoms with Crippen molar-refractivity contribution in [2.75, 3.05) is 13.1 Å². The van der Waals surface area contributed by atoms with Crippen molar-refractivity contribution in [3.63, 3.8) is 0 Å². The number of hydrogen-bond acceptors (Lipinski definition) is 5. The highest BCUT2D eigenvalue weighted by Gasteiger charge is 2.38. The fourth-order valence-electron chi connectivity index (χ4n) is 2.12. The van der Waals surface area contributed by atoms with Gasteiger partial charge in [-0.3, -0.25) is 0 Å². The number of hydrogen-bond donors (Lipinski definition) is 2. The van der Waals surface area contributed by atoms with Crippen LogP contribution in [0.5, 0.6) is 0 Å². The SMILES string of the molecule is Cc1cc(C#N)ccc1S(=O)(=O)N1CC[C@H](N)C1.O=C(O)C(F)(F)F. The molecular formula is C14H16F3N3O4S. The maximum atomic E-state index is 12.4. The first-order chi connectivity index (χ1) is 11.4. The Hall–Kier alpha value is -2.16. The average molecular weight is 379 g/mol.